The summed E-state index contributed by atoms with van der Waals surface area (Å²) < 4.78 is 96.2. The molecular weight excluding hydrogens is 268 g/mol. The van der Waals surface area contributed by atoms with Crippen LogP contribution in [-0.4, -0.2) is 37.4 Å². The summed E-state index contributed by atoms with van der Waals surface area (Å²) in [4.78, 5) is 11.5. The predicted molar refractivity (Wildman–Crippen MR) is 60.7 cm³/mol. The van der Waals surface area contributed by atoms with E-state index in [9.17, 15) is 22.4 Å². The van der Waals surface area contributed by atoms with Gasteiger partial charge in [0.15, 0.2) is 0 Å². The minimum absolute atomic E-state index is 0.342. The van der Waals surface area contributed by atoms with E-state index in [2.05, 4.69) is 4.74 Å². The quantitative estimate of drug-likeness (QED) is 0.864. The number of carbonyl (C=O) groups is 1. The Morgan fingerprint density at radius 2 is 2.16 bits per heavy atom. The van der Waals surface area contributed by atoms with Gasteiger partial charge < -0.3 is 15.0 Å². The van der Waals surface area contributed by atoms with Crippen LogP contribution in [0.5, 0.6) is 5.75 Å². The molecule has 0 fully saturated rings. The number of alkyl halides is 4. The SMILES string of the molecule is [2H]C([2H])([2H])N(C(=O)Nc1cccc(OC(F)(F)C(F)F)c1)C([2H])([2H])[2H]. The van der Waals surface area contributed by atoms with Crippen LogP contribution in [0.2, 0.25) is 0 Å². The van der Waals surface area contributed by atoms with Crippen molar-refractivity contribution in [3.8, 4) is 5.75 Å². The number of ether oxygens (including phenoxy) is 1. The van der Waals surface area contributed by atoms with Crippen LogP contribution in [0.4, 0.5) is 28.0 Å². The minimum Gasteiger partial charge on any atom is -0.428 e. The molecule has 0 bridgehead atoms. The Morgan fingerprint density at radius 1 is 1.47 bits per heavy atom. The number of urea groups is 1. The molecule has 1 rings (SSSR count). The summed E-state index contributed by atoms with van der Waals surface area (Å²) in [6.45, 7) is -6.63. The molecule has 0 aliphatic heterocycles. The number of nitrogens with zero attached hydrogens (tertiary/aromatic N) is 1. The molecule has 8 heteroatoms. The van der Waals surface area contributed by atoms with Crippen molar-refractivity contribution < 1.29 is 35.3 Å². The average molecular weight is 286 g/mol. The second-order valence-electron chi connectivity index (χ2n) is 3.26. The fourth-order valence-electron chi connectivity index (χ4n) is 1.02. The number of carbonyl (C=O) groups excluding carboxylic acids is 1. The molecule has 0 saturated heterocycles. The number of anilines is 1. The number of halogens is 4. The molecular formula is C11H12F4N2O2. The van der Waals surface area contributed by atoms with Crippen LogP contribution in [0.15, 0.2) is 24.3 Å². The zero-order valence-corrected chi connectivity index (χ0v) is 9.16. The van der Waals surface area contributed by atoms with Crippen molar-refractivity contribution in [1.29, 1.82) is 0 Å². The van der Waals surface area contributed by atoms with E-state index >= 15 is 0 Å². The van der Waals surface area contributed by atoms with E-state index in [-0.39, 0.29) is 5.69 Å². The number of amides is 2. The van der Waals surface area contributed by atoms with Crippen LogP contribution in [0, 0.1) is 0 Å². The second kappa shape index (κ2) is 5.77. The van der Waals surface area contributed by atoms with Gasteiger partial charge in [0.25, 0.3) is 0 Å². The third kappa shape index (κ3) is 4.31. The Balaban J connectivity index is 3.00. The van der Waals surface area contributed by atoms with Crippen LogP contribution < -0.4 is 10.1 Å². The van der Waals surface area contributed by atoms with E-state index in [4.69, 9.17) is 8.22 Å². The molecule has 1 N–H and O–H groups in total. The number of nitrogens with one attached hydrogen (secondary N) is 1. The lowest BCUT2D eigenvalue weighted by molar-refractivity contribution is -0.253. The Morgan fingerprint density at radius 3 is 2.74 bits per heavy atom. The van der Waals surface area contributed by atoms with Crippen LogP contribution in [0.3, 0.4) is 0 Å². The number of rotatable bonds is 4. The van der Waals surface area contributed by atoms with Gasteiger partial charge in [-0.05, 0) is 12.1 Å². The van der Waals surface area contributed by atoms with Crippen molar-refractivity contribution in [3.05, 3.63) is 24.3 Å². The van der Waals surface area contributed by atoms with E-state index in [1.165, 1.54) is 0 Å². The first-order valence-corrected chi connectivity index (χ1v) is 4.71. The first-order valence-electron chi connectivity index (χ1n) is 7.71. The van der Waals surface area contributed by atoms with Gasteiger partial charge in [0.05, 0.1) is 0 Å². The Hall–Kier alpha value is -1.99. The topological polar surface area (TPSA) is 41.6 Å². The zero-order valence-electron chi connectivity index (χ0n) is 15.2. The summed E-state index contributed by atoms with van der Waals surface area (Å²) in [5.41, 5.74) is -0.342. The summed E-state index contributed by atoms with van der Waals surface area (Å²) in [5.74, 6) is -0.752. The Labute approximate surface area is 115 Å². The summed E-state index contributed by atoms with van der Waals surface area (Å²) in [5, 5.41) is 1.87. The molecule has 0 heterocycles. The molecule has 0 unspecified atom stereocenters. The van der Waals surface area contributed by atoms with E-state index in [1.807, 2.05) is 5.32 Å². The smallest absolute Gasteiger partial charge is 0.428 e. The van der Waals surface area contributed by atoms with Crippen molar-refractivity contribution >= 4 is 11.7 Å². The number of benzene rings is 1. The van der Waals surface area contributed by atoms with Gasteiger partial charge in [0.1, 0.15) is 5.75 Å². The summed E-state index contributed by atoms with van der Waals surface area (Å²) in [6, 6.07) is 2.14. The summed E-state index contributed by atoms with van der Waals surface area (Å²) in [7, 11) is 0. The van der Waals surface area contributed by atoms with Crippen molar-refractivity contribution in [3.63, 3.8) is 0 Å². The van der Waals surface area contributed by atoms with Gasteiger partial charge in [0, 0.05) is 33.9 Å². The summed E-state index contributed by atoms with van der Waals surface area (Å²) >= 11 is 0. The van der Waals surface area contributed by atoms with Crippen molar-refractivity contribution in [2.24, 2.45) is 0 Å². The second-order valence-corrected chi connectivity index (χ2v) is 3.26. The van der Waals surface area contributed by atoms with Crippen molar-refractivity contribution in [1.82, 2.24) is 4.90 Å². The maximum atomic E-state index is 12.9. The van der Waals surface area contributed by atoms with Crippen LogP contribution in [-0.2, 0) is 0 Å². The molecule has 0 aromatic heterocycles. The maximum absolute atomic E-state index is 12.9. The maximum Gasteiger partial charge on any atom is 0.461 e. The van der Waals surface area contributed by atoms with Gasteiger partial charge >= 0.3 is 18.6 Å². The minimum atomic E-state index is -4.79. The van der Waals surface area contributed by atoms with Crippen molar-refractivity contribution in [2.45, 2.75) is 12.5 Å². The highest BCUT2D eigenvalue weighted by Crippen LogP contribution is 2.28. The number of hydrogen-bond donors (Lipinski definition) is 1. The first-order chi connectivity index (χ1) is 11.1. The predicted octanol–water partition coefficient (Wildman–Crippen LogP) is 3.02. The fourth-order valence-corrected chi connectivity index (χ4v) is 1.02. The number of hydrogen-bond acceptors (Lipinski definition) is 2. The highest BCUT2D eigenvalue weighted by atomic mass is 19.3. The van der Waals surface area contributed by atoms with Crippen LogP contribution >= 0.6 is 0 Å². The van der Waals surface area contributed by atoms with Gasteiger partial charge in [-0.25, -0.2) is 4.79 Å². The molecule has 106 valence electrons. The highest BCUT2D eigenvalue weighted by Gasteiger charge is 2.43. The Bertz CT molecular complexity index is 609. The van der Waals surface area contributed by atoms with Gasteiger partial charge in [0.2, 0.25) is 0 Å². The highest BCUT2D eigenvalue weighted by molar-refractivity contribution is 5.89. The van der Waals surface area contributed by atoms with E-state index in [1.54, 1.807) is 0 Å². The molecule has 19 heavy (non-hydrogen) atoms. The van der Waals surface area contributed by atoms with Crippen LogP contribution in [0.25, 0.3) is 0 Å². The lowest BCUT2D eigenvalue weighted by Crippen LogP contribution is -2.33. The van der Waals surface area contributed by atoms with E-state index in [0.717, 1.165) is 18.2 Å². The molecule has 2 amide bonds. The lowest BCUT2D eigenvalue weighted by Gasteiger charge is -2.17. The Kier molecular flexibility index (Phi) is 2.50. The lowest BCUT2D eigenvalue weighted by atomic mass is 10.3. The molecule has 0 aliphatic carbocycles. The molecule has 0 saturated carbocycles. The zero-order chi connectivity index (χ0) is 19.6. The molecule has 1 aromatic carbocycles. The summed E-state index contributed by atoms with van der Waals surface area (Å²) in [6.07, 6.45) is -8.89. The van der Waals surface area contributed by atoms with Gasteiger partial charge in [-0.1, -0.05) is 6.07 Å². The monoisotopic (exact) mass is 286 g/mol. The van der Waals surface area contributed by atoms with E-state index < -0.39 is 43.2 Å². The molecule has 4 nitrogen and oxygen atoms in total. The molecule has 0 spiro atoms. The van der Waals surface area contributed by atoms with E-state index in [0.29, 0.717) is 6.07 Å². The first kappa shape index (κ1) is 8.23. The molecule has 1 aromatic rings. The third-order valence-corrected chi connectivity index (χ3v) is 1.80. The standard InChI is InChI=1S/C11H12F4N2O2/c1-17(2)10(18)16-7-4-3-5-8(6-7)19-11(14,15)9(12)13/h3-6,9H,1-2H3,(H,16,18)/i1D3,2D3. The van der Waals surface area contributed by atoms with Gasteiger partial charge in [-0.3, -0.25) is 0 Å². The largest absolute Gasteiger partial charge is 0.461 e. The van der Waals surface area contributed by atoms with Gasteiger partial charge in [-0.2, -0.15) is 17.6 Å². The average Bonchev–Trinajstić information content (AvgIpc) is 2.34. The van der Waals surface area contributed by atoms with Gasteiger partial charge in [-0.15, -0.1) is 0 Å². The molecule has 0 radical (unpaired) electrons. The third-order valence-electron chi connectivity index (χ3n) is 1.80. The van der Waals surface area contributed by atoms with Crippen molar-refractivity contribution in [2.75, 3.05) is 19.3 Å². The normalized spacial score (nSPS) is 17.3. The molecule has 0 aliphatic rings. The van der Waals surface area contributed by atoms with Crippen LogP contribution in [0.1, 0.15) is 8.22 Å². The molecule has 0 atom stereocenters. The fraction of sp³-hybridized carbons (Fsp3) is 0.364.